The summed E-state index contributed by atoms with van der Waals surface area (Å²) in [5.41, 5.74) is 0. The third-order valence-electron chi connectivity index (χ3n) is 4.12. The molecule has 26 heavy (non-hydrogen) atoms. The number of halogens is 1. The molecule has 0 spiro atoms. The van der Waals surface area contributed by atoms with Crippen LogP contribution in [-0.4, -0.2) is 66.9 Å². The fraction of sp³-hybridized carbons (Fsp3) is 0.389. The molecule has 1 heterocycles. The number of hydrogen-bond donors (Lipinski definition) is 1. The van der Waals surface area contributed by atoms with Crippen molar-refractivity contribution in [3.8, 4) is 5.75 Å². The van der Waals surface area contributed by atoms with Gasteiger partial charge in [0.15, 0.2) is 0 Å². The highest BCUT2D eigenvalue weighted by molar-refractivity contribution is 5.93. The number of likely N-dealkylation sites (N-methyl/N-ethyl adjacent to an activating group) is 1. The molecule has 2 rings (SSSR count). The van der Waals surface area contributed by atoms with Crippen molar-refractivity contribution in [2.45, 2.75) is 12.5 Å². The summed E-state index contributed by atoms with van der Waals surface area (Å²) in [5.74, 6) is -0.942. The molecule has 3 amide bonds. The van der Waals surface area contributed by atoms with Crippen molar-refractivity contribution in [3.63, 3.8) is 0 Å². The highest BCUT2D eigenvalue weighted by Gasteiger charge is 2.35. The van der Waals surface area contributed by atoms with E-state index < -0.39 is 11.9 Å². The SMILES string of the molecule is C=CC(=O)N1CCN(C(=O)CCOc2cccc(F)c2)CC1C(=O)NC. The van der Waals surface area contributed by atoms with E-state index in [0.717, 1.165) is 6.08 Å². The number of hydrogen-bond acceptors (Lipinski definition) is 4. The number of carbonyl (C=O) groups excluding carboxylic acids is 3. The van der Waals surface area contributed by atoms with Crippen LogP contribution in [0.2, 0.25) is 0 Å². The van der Waals surface area contributed by atoms with E-state index in [9.17, 15) is 18.8 Å². The number of ether oxygens (including phenoxy) is 1. The molecule has 0 aromatic heterocycles. The van der Waals surface area contributed by atoms with Gasteiger partial charge in [-0.05, 0) is 18.2 Å². The minimum Gasteiger partial charge on any atom is -0.493 e. The number of nitrogens with zero attached hydrogens (tertiary/aromatic N) is 2. The van der Waals surface area contributed by atoms with Crippen molar-refractivity contribution in [1.82, 2.24) is 15.1 Å². The zero-order chi connectivity index (χ0) is 19.1. The molecule has 140 valence electrons. The van der Waals surface area contributed by atoms with Gasteiger partial charge in [0.1, 0.15) is 17.6 Å². The van der Waals surface area contributed by atoms with Gasteiger partial charge in [0.05, 0.1) is 19.6 Å². The first kappa shape index (κ1) is 19.4. The zero-order valence-corrected chi connectivity index (χ0v) is 14.6. The summed E-state index contributed by atoms with van der Waals surface area (Å²) in [4.78, 5) is 39.3. The average Bonchev–Trinajstić information content (AvgIpc) is 2.66. The lowest BCUT2D eigenvalue weighted by Gasteiger charge is -2.40. The predicted octanol–water partition coefficient (Wildman–Crippen LogP) is 0.566. The van der Waals surface area contributed by atoms with Crippen LogP contribution in [0, 0.1) is 5.82 Å². The highest BCUT2D eigenvalue weighted by Crippen LogP contribution is 2.14. The number of carbonyl (C=O) groups is 3. The van der Waals surface area contributed by atoms with Crippen LogP contribution in [0.1, 0.15) is 6.42 Å². The smallest absolute Gasteiger partial charge is 0.246 e. The molecule has 0 aliphatic carbocycles. The van der Waals surface area contributed by atoms with Crippen molar-refractivity contribution < 1.29 is 23.5 Å². The maximum atomic E-state index is 13.1. The van der Waals surface area contributed by atoms with Gasteiger partial charge in [-0.3, -0.25) is 14.4 Å². The van der Waals surface area contributed by atoms with Crippen molar-refractivity contribution in [1.29, 1.82) is 0 Å². The van der Waals surface area contributed by atoms with Crippen LogP contribution in [0.3, 0.4) is 0 Å². The Balaban J connectivity index is 1.91. The fourth-order valence-electron chi connectivity index (χ4n) is 2.75. The molecular formula is C18H22FN3O4. The van der Waals surface area contributed by atoms with Crippen LogP contribution >= 0.6 is 0 Å². The van der Waals surface area contributed by atoms with Crippen LogP contribution < -0.4 is 10.1 Å². The summed E-state index contributed by atoms with van der Waals surface area (Å²) in [6.45, 7) is 4.22. The van der Waals surface area contributed by atoms with Gasteiger partial charge < -0.3 is 19.9 Å². The van der Waals surface area contributed by atoms with Crippen LogP contribution in [0.25, 0.3) is 0 Å². The second-order valence-corrected chi connectivity index (χ2v) is 5.76. The number of piperazine rings is 1. The van der Waals surface area contributed by atoms with Gasteiger partial charge in [0, 0.05) is 26.2 Å². The second-order valence-electron chi connectivity index (χ2n) is 5.76. The Morgan fingerprint density at radius 1 is 1.38 bits per heavy atom. The van der Waals surface area contributed by atoms with Crippen LogP contribution in [0.5, 0.6) is 5.75 Å². The topological polar surface area (TPSA) is 79.0 Å². The first-order valence-electron chi connectivity index (χ1n) is 8.27. The Morgan fingerprint density at radius 2 is 2.15 bits per heavy atom. The molecule has 1 aliphatic heterocycles. The molecule has 7 nitrogen and oxygen atoms in total. The third-order valence-corrected chi connectivity index (χ3v) is 4.12. The summed E-state index contributed by atoms with van der Waals surface area (Å²) >= 11 is 0. The summed E-state index contributed by atoms with van der Waals surface area (Å²) in [5, 5.41) is 2.51. The first-order valence-corrected chi connectivity index (χ1v) is 8.27. The fourth-order valence-corrected chi connectivity index (χ4v) is 2.75. The minimum atomic E-state index is -0.757. The Hall–Kier alpha value is -2.90. The van der Waals surface area contributed by atoms with Crippen molar-refractivity contribution in [2.75, 3.05) is 33.3 Å². The molecule has 8 heteroatoms. The average molecular weight is 363 g/mol. The van der Waals surface area contributed by atoms with Crippen LogP contribution in [-0.2, 0) is 14.4 Å². The lowest BCUT2D eigenvalue weighted by Crippen LogP contribution is -2.61. The highest BCUT2D eigenvalue weighted by atomic mass is 19.1. The Labute approximate surface area is 151 Å². The maximum absolute atomic E-state index is 13.1. The summed E-state index contributed by atoms with van der Waals surface area (Å²) < 4.78 is 18.5. The minimum absolute atomic E-state index is 0.0897. The molecule has 0 bridgehead atoms. The molecule has 1 unspecified atom stereocenters. The van der Waals surface area contributed by atoms with E-state index in [1.165, 1.54) is 35.0 Å². The van der Waals surface area contributed by atoms with Gasteiger partial charge in [-0.25, -0.2) is 4.39 Å². The first-order chi connectivity index (χ1) is 12.5. The van der Waals surface area contributed by atoms with E-state index in [1.54, 1.807) is 6.07 Å². The molecule has 1 atom stereocenters. The quantitative estimate of drug-likeness (QED) is 0.750. The zero-order valence-electron chi connectivity index (χ0n) is 14.6. The van der Waals surface area contributed by atoms with Gasteiger partial charge in [-0.15, -0.1) is 0 Å². The largest absolute Gasteiger partial charge is 0.493 e. The summed E-state index contributed by atoms with van der Waals surface area (Å²) in [7, 11) is 1.48. The van der Waals surface area contributed by atoms with E-state index in [0.29, 0.717) is 12.3 Å². The van der Waals surface area contributed by atoms with Crippen molar-refractivity contribution in [2.24, 2.45) is 0 Å². The van der Waals surface area contributed by atoms with Gasteiger partial charge >= 0.3 is 0 Å². The molecule has 1 saturated heterocycles. The van der Waals surface area contributed by atoms with E-state index in [4.69, 9.17) is 4.74 Å². The summed E-state index contributed by atoms with van der Waals surface area (Å²) in [6.07, 6.45) is 1.24. The Kier molecular flexibility index (Phi) is 6.71. The normalized spacial score (nSPS) is 16.8. The maximum Gasteiger partial charge on any atom is 0.246 e. The van der Waals surface area contributed by atoms with Crippen LogP contribution in [0.15, 0.2) is 36.9 Å². The molecule has 0 radical (unpaired) electrons. The van der Waals surface area contributed by atoms with Crippen molar-refractivity contribution >= 4 is 17.7 Å². The van der Waals surface area contributed by atoms with Gasteiger partial charge in [0.2, 0.25) is 17.7 Å². The summed E-state index contributed by atoms with van der Waals surface area (Å²) in [6, 6.07) is 4.92. The number of nitrogens with one attached hydrogen (secondary N) is 1. The second kappa shape index (κ2) is 8.98. The molecular weight excluding hydrogens is 341 g/mol. The predicted molar refractivity (Wildman–Crippen MR) is 92.9 cm³/mol. The Bertz CT molecular complexity index is 695. The third kappa shape index (κ3) is 4.81. The molecule has 1 N–H and O–H groups in total. The lowest BCUT2D eigenvalue weighted by atomic mass is 10.1. The monoisotopic (exact) mass is 363 g/mol. The van der Waals surface area contributed by atoms with Crippen LogP contribution in [0.4, 0.5) is 4.39 Å². The Morgan fingerprint density at radius 3 is 2.81 bits per heavy atom. The standard InChI is InChI=1S/C18H22FN3O4/c1-3-16(23)22-9-8-21(12-15(22)18(25)20-2)17(24)7-10-26-14-6-4-5-13(19)11-14/h3-6,11,15H,1,7-10,12H2,2H3,(H,20,25). The molecule has 1 aliphatic rings. The van der Waals surface area contributed by atoms with Gasteiger partial charge in [-0.1, -0.05) is 12.6 Å². The van der Waals surface area contributed by atoms with Crippen molar-refractivity contribution in [3.05, 3.63) is 42.7 Å². The van der Waals surface area contributed by atoms with E-state index in [1.807, 2.05) is 0 Å². The number of benzene rings is 1. The number of amides is 3. The molecule has 0 saturated carbocycles. The van der Waals surface area contributed by atoms with E-state index >= 15 is 0 Å². The van der Waals surface area contributed by atoms with E-state index in [-0.39, 0.29) is 43.8 Å². The molecule has 1 aromatic rings. The van der Waals surface area contributed by atoms with Gasteiger partial charge in [-0.2, -0.15) is 0 Å². The van der Waals surface area contributed by atoms with Gasteiger partial charge in [0.25, 0.3) is 0 Å². The lowest BCUT2D eigenvalue weighted by molar-refractivity contribution is -0.145. The number of rotatable bonds is 6. The van der Waals surface area contributed by atoms with E-state index in [2.05, 4.69) is 11.9 Å². The molecule has 1 aromatic carbocycles. The molecule has 1 fully saturated rings.